The zero-order valence-electron chi connectivity index (χ0n) is 10.5. The highest BCUT2D eigenvalue weighted by Gasteiger charge is 2.19. The van der Waals surface area contributed by atoms with Gasteiger partial charge in [0.05, 0.1) is 0 Å². The minimum atomic E-state index is -0.0157. The van der Waals surface area contributed by atoms with Crippen molar-refractivity contribution in [3.63, 3.8) is 0 Å². The molecule has 3 nitrogen and oxygen atoms in total. The second-order valence-corrected chi connectivity index (χ2v) is 4.73. The van der Waals surface area contributed by atoms with Gasteiger partial charge in [0, 0.05) is 37.0 Å². The van der Waals surface area contributed by atoms with Crippen LogP contribution in [0.1, 0.15) is 31.5 Å². The number of rotatable bonds is 6. The molecule has 1 atom stereocenters. The van der Waals surface area contributed by atoms with Gasteiger partial charge in [0.15, 0.2) is 0 Å². The lowest BCUT2D eigenvalue weighted by Gasteiger charge is -2.25. The van der Waals surface area contributed by atoms with E-state index in [9.17, 15) is 5.11 Å². The highest BCUT2D eigenvalue weighted by Crippen LogP contribution is 2.18. The third-order valence-corrected chi connectivity index (χ3v) is 3.09. The van der Waals surface area contributed by atoms with Gasteiger partial charge in [-0.05, 0) is 25.0 Å². The van der Waals surface area contributed by atoms with Crippen molar-refractivity contribution in [2.75, 3.05) is 13.2 Å². The lowest BCUT2D eigenvalue weighted by molar-refractivity contribution is 0.135. The van der Waals surface area contributed by atoms with Crippen LogP contribution in [-0.2, 0) is 6.54 Å². The topological polar surface area (TPSA) is 45.1 Å². The van der Waals surface area contributed by atoms with E-state index in [4.69, 9.17) is 0 Å². The molecule has 1 aromatic heterocycles. The molecule has 0 amide bonds. The fourth-order valence-electron chi connectivity index (χ4n) is 1.40. The van der Waals surface area contributed by atoms with Gasteiger partial charge in [-0.1, -0.05) is 19.9 Å². The van der Waals surface area contributed by atoms with Gasteiger partial charge >= 0.3 is 0 Å². The zero-order chi connectivity index (χ0) is 12.0. The van der Waals surface area contributed by atoms with Crippen molar-refractivity contribution >= 4 is 0 Å². The lowest BCUT2D eigenvalue weighted by atomic mass is 9.88. The first-order valence-electron chi connectivity index (χ1n) is 5.83. The van der Waals surface area contributed by atoms with Gasteiger partial charge in [0.25, 0.3) is 0 Å². The number of aliphatic hydroxyl groups excluding tert-OH is 1. The molecule has 0 saturated heterocycles. The summed E-state index contributed by atoms with van der Waals surface area (Å²) < 4.78 is 0. The van der Waals surface area contributed by atoms with E-state index >= 15 is 0 Å². The largest absolute Gasteiger partial charge is 0.396 e. The molecule has 2 N–H and O–H groups in total. The Morgan fingerprint density at radius 1 is 1.44 bits per heavy atom. The Hall–Kier alpha value is -0.930. The number of pyridine rings is 1. The van der Waals surface area contributed by atoms with Crippen molar-refractivity contribution < 1.29 is 5.11 Å². The summed E-state index contributed by atoms with van der Waals surface area (Å²) >= 11 is 0. The number of aliphatic hydroxyl groups is 1. The number of hydrogen-bond donors (Lipinski definition) is 2. The molecule has 0 aliphatic carbocycles. The molecule has 1 unspecified atom stereocenters. The summed E-state index contributed by atoms with van der Waals surface area (Å²) in [5, 5.41) is 12.6. The van der Waals surface area contributed by atoms with Crippen molar-refractivity contribution in [3.8, 4) is 0 Å². The van der Waals surface area contributed by atoms with E-state index in [-0.39, 0.29) is 12.0 Å². The maximum Gasteiger partial charge on any atom is 0.0496 e. The van der Waals surface area contributed by atoms with E-state index in [1.807, 2.05) is 19.2 Å². The van der Waals surface area contributed by atoms with Gasteiger partial charge in [-0.15, -0.1) is 0 Å². The highest BCUT2D eigenvalue weighted by molar-refractivity contribution is 5.12. The first-order chi connectivity index (χ1) is 7.59. The van der Waals surface area contributed by atoms with Crippen LogP contribution >= 0.6 is 0 Å². The molecule has 0 aliphatic heterocycles. The molecule has 0 bridgehead atoms. The van der Waals surface area contributed by atoms with Gasteiger partial charge in [0.2, 0.25) is 0 Å². The lowest BCUT2D eigenvalue weighted by Crippen LogP contribution is -2.34. The van der Waals surface area contributed by atoms with E-state index in [0.29, 0.717) is 0 Å². The Kier molecular flexibility index (Phi) is 4.90. The van der Waals surface area contributed by atoms with Crippen molar-refractivity contribution in [3.05, 3.63) is 29.6 Å². The second kappa shape index (κ2) is 5.97. The molecule has 0 aliphatic rings. The molecule has 0 radical (unpaired) electrons. The van der Waals surface area contributed by atoms with Gasteiger partial charge in [0.1, 0.15) is 0 Å². The summed E-state index contributed by atoms with van der Waals surface area (Å²) in [7, 11) is 0. The normalized spacial score (nSPS) is 14.8. The summed E-state index contributed by atoms with van der Waals surface area (Å²) in [6.07, 6.45) is 2.87. The zero-order valence-corrected chi connectivity index (χ0v) is 10.5. The van der Waals surface area contributed by atoms with Crippen LogP contribution in [0.25, 0.3) is 0 Å². The molecule has 0 saturated carbocycles. The van der Waals surface area contributed by atoms with Gasteiger partial charge in [-0.2, -0.15) is 0 Å². The first kappa shape index (κ1) is 13.1. The van der Waals surface area contributed by atoms with E-state index < -0.39 is 0 Å². The minimum absolute atomic E-state index is 0.0157. The Labute approximate surface area is 97.9 Å². The number of hydrogen-bond acceptors (Lipinski definition) is 3. The quantitative estimate of drug-likeness (QED) is 0.772. The van der Waals surface area contributed by atoms with E-state index in [2.05, 4.69) is 30.2 Å². The van der Waals surface area contributed by atoms with Gasteiger partial charge in [-0.3, -0.25) is 4.98 Å². The standard InChI is InChI=1S/C13H22N2O/c1-4-13(3,10-16)9-14-7-12-6-5-11(2)15-8-12/h5-6,8,14,16H,4,7,9-10H2,1-3H3. The minimum Gasteiger partial charge on any atom is -0.396 e. The van der Waals surface area contributed by atoms with Crippen molar-refractivity contribution in [1.82, 2.24) is 10.3 Å². The molecule has 16 heavy (non-hydrogen) atoms. The molecular formula is C13H22N2O. The smallest absolute Gasteiger partial charge is 0.0496 e. The third-order valence-electron chi connectivity index (χ3n) is 3.09. The molecule has 0 spiro atoms. The summed E-state index contributed by atoms with van der Waals surface area (Å²) in [5.41, 5.74) is 2.21. The third kappa shape index (κ3) is 3.91. The van der Waals surface area contributed by atoms with Crippen molar-refractivity contribution in [1.29, 1.82) is 0 Å². The number of nitrogens with zero attached hydrogens (tertiary/aromatic N) is 1. The SMILES string of the molecule is CCC(C)(CO)CNCc1ccc(C)nc1. The molecule has 0 aromatic carbocycles. The van der Waals surface area contributed by atoms with Crippen LogP contribution in [0.3, 0.4) is 0 Å². The molecule has 3 heteroatoms. The fourth-order valence-corrected chi connectivity index (χ4v) is 1.40. The fraction of sp³-hybridized carbons (Fsp3) is 0.615. The number of aryl methyl sites for hydroxylation is 1. The van der Waals surface area contributed by atoms with Gasteiger partial charge in [-0.25, -0.2) is 0 Å². The van der Waals surface area contributed by atoms with Crippen LogP contribution in [0, 0.1) is 12.3 Å². The Morgan fingerprint density at radius 2 is 2.19 bits per heavy atom. The molecule has 1 heterocycles. The summed E-state index contributed by atoms with van der Waals surface area (Å²) in [6.45, 7) is 8.04. The summed E-state index contributed by atoms with van der Waals surface area (Å²) in [5.74, 6) is 0. The number of nitrogens with one attached hydrogen (secondary N) is 1. The van der Waals surface area contributed by atoms with Crippen molar-refractivity contribution in [2.24, 2.45) is 5.41 Å². The van der Waals surface area contributed by atoms with Gasteiger partial charge < -0.3 is 10.4 Å². The van der Waals surface area contributed by atoms with E-state index in [1.54, 1.807) is 0 Å². The summed E-state index contributed by atoms with van der Waals surface area (Å²) in [4.78, 5) is 4.25. The Bertz CT molecular complexity index is 304. The molecule has 0 fully saturated rings. The second-order valence-electron chi connectivity index (χ2n) is 4.73. The van der Waals surface area contributed by atoms with Crippen LogP contribution in [-0.4, -0.2) is 23.2 Å². The molecule has 1 rings (SSSR count). The van der Waals surface area contributed by atoms with Crippen LogP contribution in [0.15, 0.2) is 18.3 Å². The van der Waals surface area contributed by atoms with E-state index in [0.717, 1.165) is 25.2 Å². The molecular weight excluding hydrogens is 200 g/mol. The van der Waals surface area contributed by atoms with Crippen LogP contribution in [0.4, 0.5) is 0 Å². The molecule has 1 aromatic rings. The van der Waals surface area contributed by atoms with Crippen molar-refractivity contribution in [2.45, 2.75) is 33.7 Å². The van der Waals surface area contributed by atoms with Crippen LogP contribution < -0.4 is 5.32 Å². The first-order valence-corrected chi connectivity index (χ1v) is 5.83. The Morgan fingerprint density at radius 3 is 2.69 bits per heavy atom. The maximum atomic E-state index is 9.27. The average molecular weight is 222 g/mol. The van der Waals surface area contributed by atoms with E-state index in [1.165, 1.54) is 5.56 Å². The van der Waals surface area contributed by atoms with Crippen LogP contribution in [0.2, 0.25) is 0 Å². The summed E-state index contributed by atoms with van der Waals surface area (Å²) in [6, 6.07) is 4.10. The highest BCUT2D eigenvalue weighted by atomic mass is 16.3. The van der Waals surface area contributed by atoms with Crippen LogP contribution in [0.5, 0.6) is 0 Å². The number of aromatic nitrogens is 1. The maximum absolute atomic E-state index is 9.27. The average Bonchev–Trinajstić information content (AvgIpc) is 2.31. The predicted molar refractivity (Wildman–Crippen MR) is 66.2 cm³/mol. The molecule has 90 valence electrons. The monoisotopic (exact) mass is 222 g/mol. The Balaban J connectivity index is 2.38. The predicted octanol–water partition coefficient (Wildman–Crippen LogP) is 1.89.